The summed E-state index contributed by atoms with van der Waals surface area (Å²) in [6, 6.07) is 17.9. The number of nitrogens with one attached hydrogen (secondary N) is 1. The first-order valence-electron chi connectivity index (χ1n) is 6.22. The molecule has 0 amide bonds. The Balaban J connectivity index is 1.86. The minimum absolute atomic E-state index is 0.0171. The molecule has 0 bridgehead atoms. The lowest BCUT2D eigenvalue weighted by Gasteiger charge is -2.07. The van der Waals surface area contributed by atoms with Crippen LogP contribution in [0.4, 0.5) is 5.69 Å². The Kier molecular flexibility index (Phi) is 4.50. The van der Waals surface area contributed by atoms with E-state index in [1.807, 2.05) is 42.5 Å². The Labute approximate surface area is 112 Å². The summed E-state index contributed by atoms with van der Waals surface area (Å²) in [5, 5.41) is 13.6. The Morgan fingerprint density at radius 3 is 2.26 bits per heavy atom. The Hall–Kier alpha value is -2.36. The predicted molar refractivity (Wildman–Crippen MR) is 75.8 cm³/mol. The highest BCUT2D eigenvalue weighted by Crippen LogP contribution is 2.11. The number of hydrogen-bond donors (Lipinski definition) is 1. The van der Waals surface area contributed by atoms with Crippen LogP contribution in [0.2, 0.25) is 0 Å². The first kappa shape index (κ1) is 13.1. The van der Waals surface area contributed by atoms with Crippen molar-refractivity contribution < 1.29 is 4.92 Å². The largest absolute Gasteiger partial charge is 0.381 e. The lowest BCUT2D eigenvalue weighted by atomic mass is 10.1. The number of benzene rings is 2. The molecule has 2 aromatic rings. The van der Waals surface area contributed by atoms with Gasteiger partial charge in [-0.05, 0) is 23.3 Å². The van der Waals surface area contributed by atoms with Crippen molar-refractivity contribution in [2.75, 3.05) is 11.9 Å². The molecule has 0 aliphatic rings. The van der Waals surface area contributed by atoms with Crippen molar-refractivity contribution in [3.63, 3.8) is 0 Å². The summed E-state index contributed by atoms with van der Waals surface area (Å²) in [6.07, 6.45) is 0.478. The third-order valence-corrected chi connectivity index (χ3v) is 2.88. The molecular weight excluding hydrogens is 240 g/mol. The predicted octanol–water partition coefficient (Wildman–Crippen LogP) is 3.12. The standard InChI is InChI=1S/C15H16N2O2/c18-17(19)11-10-13-6-8-15(9-7-13)16-12-14-4-2-1-3-5-14/h1-9,16H,10-12H2. The molecule has 98 valence electrons. The van der Waals surface area contributed by atoms with Gasteiger partial charge in [-0.1, -0.05) is 42.5 Å². The van der Waals surface area contributed by atoms with Crippen molar-refractivity contribution in [3.8, 4) is 0 Å². The molecule has 0 spiro atoms. The molecule has 0 atom stereocenters. The molecule has 0 saturated carbocycles. The van der Waals surface area contributed by atoms with Gasteiger partial charge in [-0.25, -0.2) is 0 Å². The minimum atomic E-state index is -0.290. The molecule has 0 heterocycles. The summed E-state index contributed by atoms with van der Waals surface area (Å²) >= 11 is 0. The summed E-state index contributed by atoms with van der Waals surface area (Å²) in [5.74, 6) is 0. The van der Waals surface area contributed by atoms with Crippen LogP contribution < -0.4 is 5.32 Å². The van der Waals surface area contributed by atoms with Crippen molar-refractivity contribution in [1.29, 1.82) is 0 Å². The first-order chi connectivity index (χ1) is 9.24. The number of rotatable bonds is 6. The van der Waals surface area contributed by atoms with Crippen LogP contribution in [-0.2, 0) is 13.0 Å². The van der Waals surface area contributed by atoms with E-state index in [1.165, 1.54) is 5.56 Å². The van der Waals surface area contributed by atoms with Crippen LogP contribution in [-0.4, -0.2) is 11.5 Å². The highest BCUT2D eigenvalue weighted by molar-refractivity contribution is 5.45. The smallest absolute Gasteiger partial charge is 0.207 e. The van der Waals surface area contributed by atoms with E-state index in [9.17, 15) is 10.1 Å². The summed E-state index contributed by atoms with van der Waals surface area (Å²) < 4.78 is 0. The van der Waals surface area contributed by atoms with Crippen molar-refractivity contribution in [1.82, 2.24) is 0 Å². The zero-order valence-electron chi connectivity index (χ0n) is 10.6. The van der Waals surface area contributed by atoms with Crippen molar-refractivity contribution in [2.45, 2.75) is 13.0 Å². The second-order valence-corrected chi connectivity index (χ2v) is 4.34. The number of nitrogens with zero attached hydrogens (tertiary/aromatic N) is 1. The van der Waals surface area contributed by atoms with Crippen LogP contribution in [0.15, 0.2) is 54.6 Å². The molecule has 0 aliphatic heterocycles. The van der Waals surface area contributed by atoms with E-state index in [0.29, 0.717) is 6.42 Å². The number of nitro groups is 1. The lowest BCUT2D eigenvalue weighted by molar-refractivity contribution is -0.479. The van der Waals surface area contributed by atoms with Crippen LogP contribution in [0.3, 0.4) is 0 Å². The normalized spacial score (nSPS) is 10.1. The molecule has 0 fully saturated rings. The quantitative estimate of drug-likeness (QED) is 0.638. The van der Waals surface area contributed by atoms with Gasteiger partial charge >= 0.3 is 0 Å². The second kappa shape index (κ2) is 6.54. The Morgan fingerprint density at radius 2 is 1.63 bits per heavy atom. The SMILES string of the molecule is O=[N+]([O-])CCc1ccc(NCc2ccccc2)cc1. The lowest BCUT2D eigenvalue weighted by Crippen LogP contribution is -2.04. The fourth-order valence-electron chi connectivity index (χ4n) is 1.81. The molecule has 2 rings (SSSR count). The van der Waals surface area contributed by atoms with Crippen LogP contribution in [0.25, 0.3) is 0 Å². The molecule has 0 unspecified atom stereocenters. The molecule has 19 heavy (non-hydrogen) atoms. The molecule has 0 saturated heterocycles. The first-order valence-corrected chi connectivity index (χ1v) is 6.22. The maximum absolute atomic E-state index is 10.3. The van der Waals surface area contributed by atoms with Gasteiger partial charge in [-0.15, -0.1) is 0 Å². The highest BCUT2D eigenvalue weighted by atomic mass is 16.6. The third kappa shape index (κ3) is 4.43. The van der Waals surface area contributed by atoms with Crippen molar-refractivity contribution in [2.24, 2.45) is 0 Å². The summed E-state index contributed by atoms with van der Waals surface area (Å²) in [5.41, 5.74) is 3.23. The van der Waals surface area contributed by atoms with Crippen LogP contribution in [0, 0.1) is 10.1 Å². The Bertz CT molecular complexity index is 524. The van der Waals surface area contributed by atoms with Gasteiger partial charge in [0.05, 0.1) is 0 Å². The Morgan fingerprint density at radius 1 is 0.947 bits per heavy atom. The van der Waals surface area contributed by atoms with E-state index in [1.54, 1.807) is 0 Å². The van der Waals surface area contributed by atoms with E-state index in [4.69, 9.17) is 0 Å². The number of hydrogen-bond acceptors (Lipinski definition) is 3. The van der Waals surface area contributed by atoms with Gasteiger partial charge in [0, 0.05) is 23.6 Å². The monoisotopic (exact) mass is 256 g/mol. The van der Waals surface area contributed by atoms with Gasteiger partial charge in [0.1, 0.15) is 0 Å². The van der Waals surface area contributed by atoms with Crippen molar-refractivity contribution in [3.05, 3.63) is 75.8 Å². The van der Waals surface area contributed by atoms with Crippen LogP contribution in [0.1, 0.15) is 11.1 Å². The van der Waals surface area contributed by atoms with E-state index in [2.05, 4.69) is 17.4 Å². The van der Waals surface area contributed by atoms with Crippen LogP contribution >= 0.6 is 0 Å². The van der Waals surface area contributed by atoms with Gasteiger partial charge < -0.3 is 5.32 Å². The highest BCUT2D eigenvalue weighted by Gasteiger charge is 2.00. The molecular formula is C15H16N2O2. The van der Waals surface area contributed by atoms with E-state index < -0.39 is 0 Å². The minimum Gasteiger partial charge on any atom is -0.381 e. The average Bonchev–Trinajstić information content (AvgIpc) is 2.45. The van der Waals surface area contributed by atoms with E-state index in [0.717, 1.165) is 17.8 Å². The van der Waals surface area contributed by atoms with Crippen LogP contribution in [0.5, 0.6) is 0 Å². The van der Waals surface area contributed by atoms with E-state index in [-0.39, 0.29) is 11.5 Å². The molecule has 4 heteroatoms. The van der Waals surface area contributed by atoms with Crippen molar-refractivity contribution >= 4 is 5.69 Å². The second-order valence-electron chi connectivity index (χ2n) is 4.34. The molecule has 0 aromatic heterocycles. The maximum atomic E-state index is 10.3. The maximum Gasteiger partial charge on any atom is 0.207 e. The van der Waals surface area contributed by atoms with E-state index >= 15 is 0 Å². The average molecular weight is 256 g/mol. The van der Waals surface area contributed by atoms with Gasteiger partial charge in [-0.2, -0.15) is 0 Å². The topological polar surface area (TPSA) is 55.2 Å². The van der Waals surface area contributed by atoms with Gasteiger partial charge in [0.25, 0.3) is 0 Å². The molecule has 2 aromatic carbocycles. The zero-order chi connectivity index (χ0) is 13.5. The molecule has 4 nitrogen and oxygen atoms in total. The summed E-state index contributed by atoms with van der Waals surface area (Å²) in [6.45, 7) is 0.756. The summed E-state index contributed by atoms with van der Waals surface area (Å²) in [7, 11) is 0. The number of anilines is 1. The fourth-order valence-corrected chi connectivity index (χ4v) is 1.81. The summed E-state index contributed by atoms with van der Waals surface area (Å²) in [4.78, 5) is 10.0. The molecule has 0 radical (unpaired) electrons. The molecule has 1 N–H and O–H groups in total. The van der Waals surface area contributed by atoms with Gasteiger partial charge in [0.2, 0.25) is 6.54 Å². The molecule has 0 aliphatic carbocycles. The van der Waals surface area contributed by atoms with Gasteiger partial charge in [0.15, 0.2) is 0 Å². The van der Waals surface area contributed by atoms with Gasteiger partial charge in [-0.3, -0.25) is 10.1 Å². The fraction of sp³-hybridized carbons (Fsp3) is 0.200. The third-order valence-electron chi connectivity index (χ3n) is 2.88. The zero-order valence-corrected chi connectivity index (χ0v) is 10.6.